The lowest BCUT2D eigenvalue weighted by Crippen LogP contribution is -2.16. The van der Waals surface area contributed by atoms with Crippen molar-refractivity contribution in [3.63, 3.8) is 0 Å². The van der Waals surface area contributed by atoms with Gasteiger partial charge in [-0.2, -0.15) is 0 Å². The van der Waals surface area contributed by atoms with E-state index in [2.05, 4.69) is 27.7 Å². The first kappa shape index (κ1) is 31.0. The van der Waals surface area contributed by atoms with Gasteiger partial charge in [0.15, 0.2) is 5.52 Å². The Morgan fingerprint density at radius 2 is 1.35 bits per heavy atom. The molecule has 0 aliphatic rings. The van der Waals surface area contributed by atoms with E-state index in [-0.39, 0.29) is 14.1 Å². The molecule has 0 aliphatic heterocycles. The van der Waals surface area contributed by atoms with Gasteiger partial charge in [-0.15, -0.1) is 0 Å². The van der Waals surface area contributed by atoms with Gasteiger partial charge in [-0.05, 0) is 57.5 Å². The van der Waals surface area contributed by atoms with Crippen LogP contribution in [0.5, 0.6) is 23.0 Å². The third-order valence-electron chi connectivity index (χ3n) is 6.90. The molecular formula is C31H47O5P. The third kappa shape index (κ3) is 9.85. The van der Waals surface area contributed by atoms with Crippen LogP contribution in [0, 0.1) is 11.8 Å². The summed E-state index contributed by atoms with van der Waals surface area (Å²) in [5, 5.41) is 0.869. The lowest BCUT2D eigenvalue weighted by atomic mass is 10.0. The highest BCUT2D eigenvalue weighted by Gasteiger charge is 2.21. The number of hydrogen-bond acceptors (Lipinski definition) is 5. The van der Waals surface area contributed by atoms with E-state index in [1.165, 1.54) is 32.1 Å². The monoisotopic (exact) mass is 530 g/mol. The van der Waals surface area contributed by atoms with Crippen molar-refractivity contribution in [3.05, 3.63) is 42.0 Å². The van der Waals surface area contributed by atoms with Gasteiger partial charge in [-0.1, -0.05) is 72.3 Å². The maximum Gasteiger partial charge on any atom is 0.193 e. The quantitative estimate of drug-likeness (QED) is 0.172. The van der Waals surface area contributed by atoms with Crippen LogP contribution in [0.1, 0.15) is 89.4 Å². The molecule has 0 radical (unpaired) electrons. The van der Waals surface area contributed by atoms with E-state index >= 15 is 0 Å². The Morgan fingerprint density at radius 3 is 1.86 bits per heavy atom. The summed E-state index contributed by atoms with van der Waals surface area (Å²) in [7, 11) is 3.01. The van der Waals surface area contributed by atoms with E-state index in [1.807, 2.05) is 24.3 Å². The molecule has 5 nitrogen and oxygen atoms in total. The van der Waals surface area contributed by atoms with Crippen molar-refractivity contribution in [1.29, 1.82) is 0 Å². The van der Waals surface area contributed by atoms with Gasteiger partial charge in [0.2, 0.25) is 0 Å². The van der Waals surface area contributed by atoms with Crippen molar-refractivity contribution in [2.75, 3.05) is 27.4 Å². The zero-order valence-electron chi connectivity index (χ0n) is 23.7. The summed E-state index contributed by atoms with van der Waals surface area (Å²) in [6, 6.07) is 11.3. The first-order valence-corrected chi connectivity index (χ1v) is 14.9. The summed E-state index contributed by atoms with van der Waals surface area (Å²) in [6.45, 7) is 10.2. The molecule has 0 N–H and O–H groups in total. The molecule has 0 heterocycles. The number of benzene rings is 2. The van der Waals surface area contributed by atoms with Crippen molar-refractivity contribution in [1.82, 2.24) is 0 Å². The molecule has 0 saturated heterocycles. The molecule has 3 atom stereocenters. The van der Waals surface area contributed by atoms with Crippen LogP contribution in [0.25, 0.3) is 0 Å². The summed E-state index contributed by atoms with van der Waals surface area (Å²) in [4.78, 5) is 13.5. The zero-order valence-corrected chi connectivity index (χ0v) is 24.7. The van der Waals surface area contributed by atoms with E-state index in [0.717, 1.165) is 36.1 Å². The predicted molar refractivity (Wildman–Crippen MR) is 156 cm³/mol. The number of carbonyl (C=O) groups is 1. The fourth-order valence-electron chi connectivity index (χ4n) is 4.29. The normalized spacial score (nSPS) is 12.9. The molecule has 206 valence electrons. The van der Waals surface area contributed by atoms with Crippen LogP contribution < -0.4 is 24.3 Å². The maximum absolute atomic E-state index is 13.5. The van der Waals surface area contributed by atoms with Crippen molar-refractivity contribution >= 4 is 19.4 Å². The number of ether oxygens (including phenoxy) is 4. The number of hydrogen-bond donors (Lipinski definition) is 0. The molecule has 0 spiro atoms. The van der Waals surface area contributed by atoms with Gasteiger partial charge in [0, 0.05) is 11.4 Å². The van der Waals surface area contributed by atoms with Gasteiger partial charge >= 0.3 is 0 Å². The van der Waals surface area contributed by atoms with Crippen LogP contribution in [0.2, 0.25) is 0 Å². The summed E-state index contributed by atoms with van der Waals surface area (Å²) < 4.78 is 23.5. The van der Waals surface area contributed by atoms with E-state index in [0.29, 0.717) is 42.1 Å². The molecule has 2 aromatic rings. The molecule has 2 aromatic carbocycles. The van der Waals surface area contributed by atoms with Crippen LogP contribution in [-0.4, -0.2) is 33.0 Å². The Labute approximate surface area is 226 Å². The van der Waals surface area contributed by atoms with E-state index < -0.39 is 0 Å². The topological polar surface area (TPSA) is 54.0 Å². The molecule has 6 heteroatoms. The standard InChI is InChI=1S/C31H47O5P/c1-7-11-14-23(9-3)21-35-25-18-19-29(28(20-25)36-22-24(10-4)15-12-8-2)37-31(32)30-26(33-5)16-13-17-27(30)34-6/h13,16-20,23-24,37H,7-12,14-15,21-22H2,1-6H3. The maximum atomic E-state index is 13.5. The highest BCUT2D eigenvalue weighted by molar-refractivity contribution is 7.66. The lowest BCUT2D eigenvalue weighted by molar-refractivity contribution is 0.108. The van der Waals surface area contributed by atoms with Gasteiger partial charge in [0.25, 0.3) is 0 Å². The average Bonchev–Trinajstić information content (AvgIpc) is 2.93. The fourth-order valence-corrected chi connectivity index (χ4v) is 5.34. The Balaban J connectivity index is 2.28. The Kier molecular flexibility index (Phi) is 14.5. The van der Waals surface area contributed by atoms with E-state index in [9.17, 15) is 4.79 Å². The molecule has 37 heavy (non-hydrogen) atoms. The number of unbranched alkanes of at least 4 members (excludes halogenated alkanes) is 2. The molecule has 2 rings (SSSR count). The van der Waals surface area contributed by atoms with Gasteiger partial charge in [0.1, 0.15) is 28.6 Å². The first-order valence-electron chi connectivity index (χ1n) is 13.9. The Morgan fingerprint density at radius 1 is 0.784 bits per heavy atom. The smallest absolute Gasteiger partial charge is 0.193 e. The number of carbonyl (C=O) groups excluding carboxylic acids is 1. The van der Waals surface area contributed by atoms with E-state index in [1.54, 1.807) is 26.4 Å². The number of methoxy groups -OCH3 is 2. The van der Waals surface area contributed by atoms with Crippen LogP contribution in [0.15, 0.2) is 36.4 Å². The SMILES string of the molecule is CCCCC(CC)COc1ccc(PC(=O)c2c(OC)cccc2OC)c(OCC(CC)CCCC)c1. The van der Waals surface area contributed by atoms with Crippen LogP contribution >= 0.6 is 8.58 Å². The largest absolute Gasteiger partial charge is 0.496 e. The summed E-state index contributed by atoms with van der Waals surface area (Å²) in [5.41, 5.74) is 0.421. The van der Waals surface area contributed by atoms with Gasteiger partial charge in [-0.25, -0.2) is 0 Å². The second-order valence-corrected chi connectivity index (χ2v) is 10.8. The minimum Gasteiger partial charge on any atom is -0.496 e. The summed E-state index contributed by atoms with van der Waals surface area (Å²) in [5.74, 6) is 3.59. The molecule has 0 aliphatic carbocycles. The average molecular weight is 531 g/mol. The number of rotatable bonds is 19. The second-order valence-electron chi connectivity index (χ2n) is 9.60. The fraction of sp³-hybridized carbons (Fsp3) is 0.581. The second kappa shape index (κ2) is 17.3. The lowest BCUT2D eigenvalue weighted by Gasteiger charge is -2.20. The van der Waals surface area contributed by atoms with Crippen LogP contribution in [0.4, 0.5) is 0 Å². The highest BCUT2D eigenvalue weighted by atomic mass is 31.1. The van der Waals surface area contributed by atoms with Crippen molar-refractivity contribution < 1.29 is 23.7 Å². The molecule has 0 aromatic heterocycles. The molecule has 0 amide bonds. The Bertz CT molecular complexity index is 923. The van der Waals surface area contributed by atoms with Gasteiger partial charge < -0.3 is 18.9 Å². The van der Waals surface area contributed by atoms with Crippen LogP contribution in [-0.2, 0) is 0 Å². The van der Waals surface area contributed by atoms with E-state index in [4.69, 9.17) is 18.9 Å². The Hall–Kier alpha value is -2.26. The zero-order chi connectivity index (χ0) is 27.0. The summed E-state index contributed by atoms with van der Waals surface area (Å²) >= 11 is 0. The summed E-state index contributed by atoms with van der Waals surface area (Å²) in [6.07, 6.45) is 9.30. The molecule has 0 fully saturated rings. The van der Waals surface area contributed by atoms with Crippen molar-refractivity contribution in [2.24, 2.45) is 11.8 Å². The first-order chi connectivity index (χ1) is 18.0. The molecule has 3 unspecified atom stereocenters. The minimum atomic E-state index is -0.127. The highest BCUT2D eigenvalue weighted by Crippen LogP contribution is 2.36. The van der Waals surface area contributed by atoms with Crippen molar-refractivity contribution in [3.8, 4) is 23.0 Å². The molecular weight excluding hydrogens is 483 g/mol. The molecule has 0 saturated carbocycles. The predicted octanol–water partition coefficient (Wildman–Crippen LogP) is 8.04. The minimum absolute atomic E-state index is 0.0449. The van der Waals surface area contributed by atoms with Crippen LogP contribution in [0.3, 0.4) is 0 Å². The van der Waals surface area contributed by atoms with Gasteiger partial charge in [0.05, 0.1) is 27.4 Å². The molecule has 0 bridgehead atoms. The van der Waals surface area contributed by atoms with Gasteiger partial charge in [-0.3, -0.25) is 4.79 Å². The third-order valence-corrected chi connectivity index (χ3v) is 8.06. The van der Waals surface area contributed by atoms with Crippen molar-refractivity contribution in [2.45, 2.75) is 79.1 Å².